The molecule has 1 heterocycles. The molecule has 1 aliphatic rings. The van der Waals surface area contributed by atoms with E-state index in [-0.39, 0.29) is 5.95 Å². The molecule has 1 rings (SSSR count). The summed E-state index contributed by atoms with van der Waals surface area (Å²) in [5.74, 6) is -0.105. The highest BCUT2D eigenvalue weighted by Gasteiger charge is 2.16. The van der Waals surface area contributed by atoms with Gasteiger partial charge in [0.1, 0.15) is 0 Å². The molecule has 0 atom stereocenters. The van der Waals surface area contributed by atoms with E-state index in [1.807, 2.05) is 26.8 Å². The minimum absolute atomic E-state index is 0.105. The summed E-state index contributed by atoms with van der Waals surface area (Å²) in [5, 5.41) is 0. The summed E-state index contributed by atoms with van der Waals surface area (Å²) >= 11 is 0. The molecule has 0 aromatic carbocycles. The van der Waals surface area contributed by atoms with Crippen LogP contribution in [0.3, 0.4) is 0 Å². The molecule has 0 N–H and O–H groups in total. The minimum atomic E-state index is -0.105. The van der Waals surface area contributed by atoms with Crippen LogP contribution in [0.5, 0.6) is 0 Å². The monoisotopic (exact) mass is 195 g/mol. The van der Waals surface area contributed by atoms with Crippen LogP contribution in [0.4, 0.5) is 4.39 Å². The van der Waals surface area contributed by atoms with E-state index in [9.17, 15) is 4.39 Å². The van der Waals surface area contributed by atoms with E-state index in [0.29, 0.717) is 0 Å². The molecule has 0 spiro atoms. The molecule has 0 unspecified atom stereocenters. The Bertz CT molecular complexity index is 310. The van der Waals surface area contributed by atoms with Crippen LogP contribution in [-0.2, 0) is 0 Å². The second-order valence-electron chi connectivity index (χ2n) is 3.73. The third kappa shape index (κ3) is 2.06. The fraction of sp³-hybridized carbons (Fsp3) is 0.500. The number of hydrogen-bond donors (Lipinski definition) is 0. The smallest absolute Gasteiger partial charge is 0.197 e. The zero-order chi connectivity index (χ0) is 10.7. The number of hydrogen-bond acceptors (Lipinski definition) is 1. The molecule has 0 bridgehead atoms. The van der Waals surface area contributed by atoms with Crippen molar-refractivity contribution in [3.8, 4) is 0 Å². The van der Waals surface area contributed by atoms with Gasteiger partial charge in [-0.15, -0.1) is 0 Å². The van der Waals surface area contributed by atoms with Crippen molar-refractivity contribution < 1.29 is 4.39 Å². The van der Waals surface area contributed by atoms with E-state index in [0.717, 1.165) is 29.7 Å². The van der Waals surface area contributed by atoms with Crippen LogP contribution in [-0.4, -0.2) is 18.5 Å². The first-order valence-corrected chi connectivity index (χ1v) is 4.99. The zero-order valence-electron chi connectivity index (χ0n) is 9.39. The summed E-state index contributed by atoms with van der Waals surface area (Å²) in [5.41, 5.74) is 2.81. The Kier molecular flexibility index (Phi) is 3.50. The first-order valence-electron chi connectivity index (χ1n) is 4.99. The molecular weight excluding hydrogens is 177 g/mol. The van der Waals surface area contributed by atoms with Crippen LogP contribution in [0, 0.1) is 0 Å². The number of halogens is 1. The molecule has 0 saturated carbocycles. The van der Waals surface area contributed by atoms with Gasteiger partial charge in [-0.25, -0.2) is 0 Å². The highest BCUT2D eigenvalue weighted by Crippen LogP contribution is 2.28. The molecule has 14 heavy (non-hydrogen) atoms. The van der Waals surface area contributed by atoms with Gasteiger partial charge in [0.15, 0.2) is 5.95 Å². The van der Waals surface area contributed by atoms with Crippen molar-refractivity contribution >= 4 is 0 Å². The first-order chi connectivity index (χ1) is 6.57. The van der Waals surface area contributed by atoms with Gasteiger partial charge in [-0.05, 0) is 38.3 Å². The van der Waals surface area contributed by atoms with Crippen LogP contribution >= 0.6 is 0 Å². The van der Waals surface area contributed by atoms with E-state index in [4.69, 9.17) is 0 Å². The molecule has 2 heteroatoms. The van der Waals surface area contributed by atoms with E-state index in [1.54, 1.807) is 11.9 Å². The van der Waals surface area contributed by atoms with Gasteiger partial charge in [-0.3, -0.25) is 0 Å². The fourth-order valence-corrected chi connectivity index (χ4v) is 1.65. The third-order valence-corrected chi connectivity index (χ3v) is 2.68. The number of allylic oxidation sites excluding steroid dienone is 4. The molecule has 0 fully saturated rings. The normalized spacial score (nSPS) is 19.6. The summed E-state index contributed by atoms with van der Waals surface area (Å²) in [6.45, 7) is 6.62. The summed E-state index contributed by atoms with van der Waals surface area (Å²) in [7, 11) is 1.80. The van der Waals surface area contributed by atoms with Gasteiger partial charge in [0, 0.05) is 19.2 Å². The predicted molar refractivity (Wildman–Crippen MR) is 58.6 cm³/mol. The Morgan fingerprint density at radius 1 is 1.57 bits per heavy atom. The topological polar surface area (TPSA) is 3.24 Å². The van der Waals surface area contributed by atoms with Crippen molar-refractivity contribution in [1.82, 2.24) is 4.90 Å². The summed E-state index contributed by atoms with van der Waals surface area (Å²) in [6, 6.07) is 0. The number of rotatable bonds is 1. The molecular formula is C12H18FN. The summed E-state index contributed by atoms with van der Waals surface area (Å²) in [4.78, 5) is 1.68. The average Bonchev–Trinajstić information content (AvgIpc) is 2.27. The van der Waals surface area contributed by atoms with Crippen LogP contribution in [0.15, 0.2) is 34.8 Å². The molecule has 0 aliphatic carbocycles. The van der Waals surface area contributed by atoms with Crippen molar-refractivity contribution in [3.63, 3.8) is 0 Å². The number of nitrogens with zero attached hydrogens (tertiary/aromatic N) is 1. The highest BCUT2D eigenvalue weighted by molar-refractivity contribution is 5.46. The molecule has 0 aromatic rings. The van der Waals surface area contributed by atoms with Crippen molar-refractivity contribution in [2.45, 2.75) is 27.2 Å². The summed E-state index contributed by atoms with van der Waals surface area (Å²) < 4.78 is 13.9. The standard InChI is InChI=1S/C12H18FN/c1-5-9(2)11-10(3)7-6-8-14(4)12(11)13/h5,7H,6,8H2,1-4H3. The Morgan fingerprint density at radius 3 is 2.79 bits per heavy atom. The SMILES string of the molecule is CC=C(C)C1=C(F)N(C)CCC=C1C. The highest BCUT2D eigenvalue weighted by atomic mass is 19.1. The first kappa shape index (κ1) is 11.0. The lowest BCUT2D eigenvalue weighted by Gasteiger charge is -2.17. The van der Waals surface area contributed by atoms with Crippen molar-refractivity contribution in [3.05, 3.63) is 34.8 Å². The lowest BCUT2D eigenvalue weighted by molar-refractivity contribution is 0.323. The van der Waals surface area contributed by atoms with Gasteiger partial charge in [-0.2, -0.15) is 4.39 Å². The second kappa shape index (κ2) is 4.45. The zero-order valence-corrected chi connectivity index (χ0v) is 9.39. The molecule has 0 amide bonds. The minimum Gasteiger partial charge on any atom is -0.351 e. The van der Waals surface area contributed by atoms with Crippen LogP contribution < -0.4 is 0 Å². The lowest BCUT2D eigenvalue weighted by atomic mass is 10.0. The molecule has 1 nitrogen and oxygen atoms in total. The van der Waals surface area contributed by atoms with E-state index >= 15 is 0 Å². The van der Waals surface area contributed by atoms with E-state index in [1.165, 1.54) is 0 Å². The maximum atomic E-state index is 13.9. The van der Waals surface area contributed by atoms with Crippen LogP contribution in [0.2, 0.25) is 0 Å². The quantitative estimate of drug-likeness (QED) is 0.579. The molecule has 0 radical (unpaired) electrons. The van der Waals surface area contributed by atoms with Crippen LogP contribution in [0.25, 0.3) is 0 Å². The van der Waals surface area contributed by atoms with Gasteiger partial charge >= 0.3 is 0 Å². The molecule has 0 aromatic heterocycles. The van der Waals surface area contributed by atoms with Crippen LogP contribution in [0.1, 0.15) is 27.2 Å². The maximum absolute atomic E-state index is 13.9. The van der Waals surface area contributed by atoms with Gasteiger partial charge in [-0.1, -0.05) is 12.2 Å². The Morgan fingerprint density at radius 2 is 2.21 bits per heavy atom. The van der Waals surface area contributed by atoms with Gasteiger partial charge in [0.25, 0.3) is 0 Å². The van der Waals surface area contributed by atoms with Gasteiger partial charge < -0.3 is 4.90 Å². The Labute approximate surface area is 85.6 Å². The van der Waals surface area contributed by atoms with Gasteiger partial charge in [0.05, 0.1) is 0 Å². The summed E-state index contributed by atoms with van der Waals surface area (Å²) in [6.07, 6.45) is 4.97. The molecule has 1 aliphatic heterocycles. The average molecular weight is 195 g/mol. The van der Waals surface area contributed by atoms with Gasteiger partial charge in [0.2, 0.25) is 0 Å². The van der Waals surface area contributed by atoms with Crippen molar-refractivity contribution in [2.75, 3.05) is 13.6 Å². The lowest BCUT2D eigenvalue weighted by Crippen LogP contribution is -2.16. The van der Waals surface area contributed by atoms with Crippen molar-refractivity contribution in [1.29, 1.82) is 0 Å². The van der Waals surface area contributed by atoms with E-state index in [2.05, 4.69) is 6.08 Å². The molecule has 0 saturated heterocycles. The second-order valence-corrected chi connectivity index (χ2v) is 3.73. The predicted octanol–water partition coefficient (Wildman–Crippen LogP) is 3.42. The van der Waals surface area contributed by atoms with Crippen molar-refractivity contribution in [2.24, 2.45) is 0 Å². The maximum Gasteiger partial charge on any atom is 0.197 e. The van der Waals surface area contributed by atoms with E-state index < -0.39 is 0 Å². The molecule has 78 valence electrons. The fourth-order valence-electron chi connectivity index (χ4n) is 1.65. The largest absolute Gasteiger partial charge is 0.351 e. The Hall–Kier alpha value is -1.05. The third-order valence-electron chi connectivity index (χ3n) is 2.68. The Balaban J connectivity index is 3.21.